The lowest BCUT2D eigenvalue weighted by Crippen LogP contribution is -1.92. The minimum atomic E-state index is 0.970. The van der Waals surface area contributed by atoms with E-state index in [-0.39, 0.29) is 0 Å². The molecule has 0 aliphatic rings. The molecule has 2 aromatic heterocycles. The fraction of sp³-hybridized carbons (Fsp3) is 0. The number of benzene rings is 4. The average molecular weight is 409 g/mol. The molecule has 2 heterocycles. The molecule has 0 N–H and O–H groups in total. The molecule has 0 aliphatic carbocycles. The molecule has 32 heavy (non-hydrogen) atoms. The first-order chi connectivity index (χ1) is 15.9. The molecule has 0 radical (unpaired) electrons. The maximum atomic E-state index is 5.02. The van der Waals surface area contributed by atoms with Crippen LogP contribution in [0.2, 0.25) is 0 Å². The summed E-state index contributed by atoms with van der Waals surface area (Å²) >= 11 is 0. The molecule has 0 fully saturated rings. The van der Waals surface area contributed by atoms with Crippen LogP contribution in [-0.2, 0) is 0 Å². The molecule has 2 nitrogen and oxygen atoms in total. The highest BCUT2D eigenvalue weighted by atomic mass is 14.7. The molecule has 0 amide bonds. The second-order valence-corrected chi connectivity index (χ2v) is 7.90. The Labute approximate surface area is 186 Å². The number of pyridine rings is 2. The maximum absolute atomic E-state index is 5.02. The minimum Gasteiger partial charge on any atom is -0.256 e. The smallest absolute Gasteiger partial charge is 0.0780 e. The molecule has 150 valence electrons. The fourth-order valence-corrected chi connectivity index (χ4v) is 4.35. The van der Waals surface area contributed by atoms with Gasteiger partial charge in [-0.25, -0.2) is 4.98 Å². The molecule has 6 rings (SSSR count). The van der Waals surface area contributed by atoms with E-state index in [1.807, 2.05) is 24.4 Å². The number of hydrogen-bond acceptors (Lipinski definition) is 2. The standard InChI is InChI=1S/C30H20N2/c1-3-9-21(10-4-1)28-19-24(20-29(32-28)22-11-5-2-6-12-22)25-14-7-15-27-26(25)17-16-23-13-8-18-31-30(23)27/h1-20H. The summed E-state index contributed by atoms with van der Waals surface area (Å²) in [5.74, 6) is 0. The third-order valence-corrected chi connectivity index (χ3v) is 5.91. The number of nitrogens with zero attached hydrogens (tertiary/aromatic N) is 2. The molecule has 0 atom stereocenters. The van der Waals surface area contributed by atoms with Crippen LogP contribution in [0.4, 0.5) is 0 Å². The number of fused-ring (bicyclic) bond motifs is 3. The number of rotatable bonds is 3. The summed E-state index contributed by atoms with van der Waals surface area (Å²) in [7, 11) is 0. The summed E-state index contributed by atoms with van der Waals surface area (Å²) in [4.78, 5) is 9.68. The molecule has 0 aliphatic heterocycles. The van der Waals surface area contributed by atoms with Gasteiger partial charge in [-0.05, 0) is 34.7 Å². The SMILES string of the molecule is c1ccc(-c2cc(-c3cccc4c3ccc3cccnc34)cc(-c3ccccc3)n2)cc1. The van der Waals surface area contributed by atoms with Gasteiger partial charge in [0.15, 0.2) is 0 Å². The Bertz CT molecular complexity index is 1500. The zero-order valence-corrected chi connectivity index (χ0v) is 17.4. The first-order valence-corrected chi connectivity index (χ1v) is 10.8. The summed E-state index contributed by atoms with van der Waals surface area (Å²) in [6, 6.07) is 40.1. The number of aromatic nitrogens is 2. The fourth-order valence-electron chi connectivity index (χ4n) is 4.35. The van der Waals surface area contributed by atoms with Crippen LogP contribution in [0.5, 0.6) is 0 Å². The predicted molar refractivity (Wildman–Crippen MR) is 133 cm³/mol. The van der Waals surface area contributed by atoms with Crippen LogP contribution in [0.15, 0.2) is 121 Å². The van der Waals surface area contributed by atoms with Crippen LogP contribution in [0.1, 0.15) is 0 Å². The Morgan fingerprint density at radius 2 is 1.16 bits per heavy atom. The summed E-state index contributed by atoms with van der Waals surface area (Å²) in [6.07, 6.45) is 1.86. The van der Waals surface area contributed by atoms with Crippen molar-refractivity contribution < 1.29 is 0 Å². The van der Waals surface area contributed by atoms with E-state index in [1.165, 1.54) is 16.3 Å². The number of hydrogen-bond donors (Lipinski definition) is 0. The zero-order valence-electron chi connectivity index (χ0n) is 17.4. The van der Waals surface area contributed by atoms with E-state index >= 15 is 0 Å². The van der Waals surface area contributed by atoms with Gasteiger partial charge in [-0.1, -0.05) is 97.1 Å². The lowest BCUT2D eigenvalue weighted by molar-refractivity contribution is 1.32. The lowest BCUT2D eigenvalue weighted by Gasteiger charge is -2.13. The van der Waals surface area contributed by atoms with Crippen LogP contribution in [0.25, 0.3) is 55.3 Å². The van der Waals surface area contributed by atoms with Gasteiger partial charge >= 0.3 is 0 Å². The zero-order chi connectivity index (χ0) is 21.3. The van der Waals surface area contributed by atoms with Gasteiger partial charge in [-0.2, -0.15) is 0 Å². The second-order valence-electron chi connectivity index (χ2n) is 7.90. The molecule has 0 saturated carbocycles. The Morgan fingerprint density at radius 3 is 1.84 bits per heavy atom. The van der Waals surface area contributed by atoms with Crippen molar-refractivity contribution in [1.29, 1.82) is 0 Å². The van der Waals surface area contributed by atoms with Crippen molar-refractivity contribution in [3.63, 3.8) is 0 Å². The molecule has 4 aromatic carbocycles. The molecule has 0 bridgehead atoms. The normalized spacial score (nSPS) is 11.1. The maximum Gasteiger partial charge on any atom is 0.0780 e. The molecule has 0 spiro atoms. The summed E-state index contributed by atoms with van der Waals surface area (Å²) in [5, 5.41) is 3.52. The van der Waals surface area contributed by atoms with E-state index in [1.54, 1.807) is 0 Å². The van der Waals surface area contributed by atoms with Gasteiger partial charge in [0.05, 0.1) is 16.9 Å². The first-order valence-electron chi connectivity index (χ1n) is 10.8. The summed E-state index contributed by atoms with van der Waals surface area (Å²) in [5.41, 5.74) is 7.53. The third-order valence-electron chi connectivity index (χ3n) is 5.91. The van der Waals surface area contributed by atoms with Crippen molar-refractivity contribution in [2.24, 2.45) is 0 Å². The van der Waals surface area contributed by atoms with Crippen LogP contribution in [0, 0.1) is 0 Å². The van der Waals surface area contributed by atoms with E-state index in [4.69, 9.17) is 4.98 Å². The highest BCUT2D eigenvalue weighted by Gasteiger charge is 2.12. The summed E-state index contributed by atoms with van der Waals surface area (Å²) < 4.78 is 0. The van der Waals surface area contributed by atoms with E-state index in [0.717, 1.165) is 39.0 Å². The van der Waals surface area contributed by atoms with E-state index in [2.05, 4.69) is 102 Å². The second kappa shape index (κ2) is 7.75. The van der Waals surface area contributed by atoms with Gasteiger partial charge in [0.2, 0.25) is 0 Å². The van der Waals surface area contributed by atoms with Crippen molar-refractivity contribution in [3.05, 3.63) is 121 Å². The molecular formula is C30H20N2. The Morgan fingerprint density at radius 1 is 0.469 bits per heavy atom. The Kier molecular flexibility index (Phi) is 4.47. The van der Waals surface area contributed by atoms with Crippen molar-refractivity contribution in [1.82, 2.24) is 9.97 Å². The van der Waals surface area contributed by atoms with Crippen LogP contribution in [0.3, 0.4) is 0 Å². The summed E-state index contributed by atoms with van der Waals surface area (Å²) in [6.45, 7) is 0. The Hall–Kier alpha value is -4.30. The topological polar surface area (TPSA) is 25.8 Å². The van der Waals surface area contributed by atoms with Crippen molar-refractivity contribution in [2.75, 3.05) is 0 Å². The molecular weight excluding hydrogens is 388 g/mol. The van der Waals surface area contributed by atoms with Crippen LogP contribution >= 0.6 is 0 Å². The molecule has 2 heteroatoms. The van der Waals surface area contributed by atoms with E-state index in [0.29, 0.717) is 0 Å². The van der Waals surface area contributed by atoms with Gasteiger partial charge in [-0.15, -0.1) is 0 Å². The monoisotopic (exact) mass is 408 g/mol. The van der Waals surface area contributed by atoms with E-state index < -0.39 is 0 Å². The van der Waals surface area contributed by atoms with Crippen molar-refractivity contribution >= 4 is 21.7 Å². The minimum absolute atomic E-state index is 0.970. The van der Waals surface area contributed by atoms with E-state index in [9.17, 15) is 0 Å². The van der Waals surface area contributed by atoms with Crippen LogP contribution < -0.4 is 0 Å². The van der Waals surface area contributed by atoms with Crippen molar-refractivity contribution in [3.8, 4) is 33.6 Å². The van der Waals surface area contributed by atoms with Gasteiger partial charge in [0.1, 0.15) is 0 Å². The largest absolute Gasteiger partial charge is 0.256 e. The highest BCUT2D eigenvalue weighted by Crippen LogP contribution is 2.35. The van der Waals surface area contributed by atoms with Crippen molar-refractivity contribution in [2.45, 2.75) is 0 Å². The van der Waals surface area contributed by atoms with Gasteiger partial charge in [-0.3, -0.25) is 4.98 Å². The average Bonchev–Trinajstić information content (AvgIpc) is 2.89. The van der Waals surface area contributed by atoms with Crippen LogP contribution in [-0.4, -0.2) is 9.97 Å². The Balaban J connectivity index is 1.63. The predicted octanol–water partition coefficient (Wildman–Crippen LogP) is 7.78. The molecule has 0 saturated heterocycles. The third kappa shape index (κ3) is 3.23. The van der Waals surface area contributed by atoms with Gasteiger partial charge in [0, 0.05) is 28.1 Å². The quantitative estimate of drug-likeness (QED) is 0.279. The highest BCUT2D eigenvalue weighted by molar-refractivity contribution is 6.10. The molecule has 6 aromatic rings. The first kappa shape index (κ1) is 18.5. The molecule has 0 unspecified atom stereocenters. The lowest BCUT2D eigenvalue weighted by atomic mass is 9.94. The van der Waals surface area contributed by atoms with Gasteiger partial charge < -0.3 is 0 Å². The van der Waals surface area contributed by atoms with Gasteiger partial charge in [0.25, 0.3) is 0 Å².